The number of rotatable bonds is 1. The van der Waals surface area contributed by atoms with E-state index >= 15 is 0 Å². The monoisotopic (exact) mass is 306 g/mol. The van der Waals surface area contributed by atoms with Crippen LogP contribution in [0.4, 0.5) is 5.95 Å². The average Bonchev–Trinajstić information content (AvgIpc) is 2.79. The van der Waals surface area contributed by atoms with Gasteiger partial charge >= 0.3 is 0 Å². The Hall–Kier alpha value is -1.40. The quantitative estimate of drug-likeness (QED) is 0.627. The molecule has 0 amide bonds. The highest BCUT2D eigenvalue weighted by atomic mass is 32.1. The van der Waals surface area contributed by atoms with Crippen molar-refractivity contribution in [3.8, 4) is 0 Å². The zero-order chi connectivity index (χ0) is 15.4. The highest BCUT2D eigenvalue weighted by Crippen LogP contribution is 2.42. The van der Waals surface area contributed by atoms with Gasteiger partial charge in [-0.15, -0.1) is 11.3 Å². The molecule has 1 unspecified atom stereocenters. The van der Waals surface area contributed by atoms with Crippen LogP contribution in [0, 0.1) is 11.3 Å². The van der Waals surface area contributed by atoms with Gasteiger partial charge in [0.05, 0.1) is 5.39 Å². The first-order valence-electron chi connectivity index (χ1n) is 7.30. The number of anilines is 1. The SMILES string of the molecule is Cn1c(NN)nc2sc3c(c2c1=O)CCC(C(C)(C)C)C3. The molecule has 0 spiro atoms. The van der Waals surface area contributed by atoms with Gasteiger partial charge in [0.25, 0.3) is 5.56 Å². The van der Waals surface area contributed by atoms with Crippen LogP contribution in [-0.2, 0) is 19.9 Å². The van der Waals surface area contributed by atoms with Gasteiger partial charge in [-0.1, -0.05) is 20.8 Å². The Labute approximate surface area is 128 Å². The molecule has 0 saturated carbocycles. The summed E-state index contributed by atoms with van der Waals surface area (Å²) in [5.41, 5.74) is 4.02. The standard InChI is InChI=1S/C15H22N4OS/c1-15(2,3)8-5-6-9-10(7-8)21-12-11(9)13(20)19(4)14(17-12)18-16/h8H,5-7,16H2,1-4H3,(H,17,18). The zero-order valence-electron chi connectivity index (χ0n) is 13.0. The van der Waals surface area contributed by atoms with E-state index < -0.39 is 0 Å². The number of aromatic nitrogens is 2. The summed E-state index contributed by atoms with van der Waals surface area (Å²) < 4.78 is 1.49. The van der Waals surface area contributed by atoms with Gasteiger partial charge in [-0.2, -0.15) is 0 Å². The molecular weight excluding hydrogens is 284 g/mol. The van der Waals surface area contributed by atoms with Crippen molar-refractivity contribution in [2.45, 2.75) is 40.0 Å². The molecule has 0 bridgehead atoms. The summed E-state index contributed by atoms with van der Waals surface area (Å²) in [6.07, 6.45) is 3.17. The Balaban J connectivity index is 2.16. The van der Waals surface area contributed by atoms with E-state index in [1.807, 2.05) is 0 Å². The van der Waals surface area contributed by atoms with Crippen LogP contribution >= 0.6 is 11.3 Å². The average molecular weight is 306 g/mol. The Morgan fingerprint density at radius 1 is 1.43 bits per heavy atom. The number of nitrogens with two attached hydrogens (primary N) is 1. The van der Waals surface area contributed by atoms with Gasteiger partial charge in [-0.25, -0.2) is 10.8 Å². The second-order valence-corrected chi connectivity index (χ2v) is 8.02. The Morgan fingerprint density at radius 2 is 2.14 bits per heavy atom. The fourth-order valence-corrected chi connectivity index (χ4v) is 4.46. The highest BCUT2D eigenvalue weighted by molar-refractivity contribution is 7.18. The van der Waals surface area contributed by atoms with E-state index in [1.54, 1.807) is 18.4 Å². The van der Waals surface area contributed by atoms with Crippen LogP contribution in [0.5, 0.6) is 0 Å². The van der Waals surface area contributed by atoms with E-state index in [1.165, 1.54) is 15.0 Å². The minimum atomic E-state index is -0.000316. The van der Waals surface area contributed by atoms with Gasteiger partial charge in [-0.3, -0.25) is 14.8 Å². The fraction of sp³-hybridized carbons (Fsp3) is 0.600. The molecule has 0 aliphatic heterocycles. The van der Waals surface area contributed by atoms with Crippen molar-refractivity contribution in [2.24, 2.45) is 24.2 Å². The van der Waals surface area contributed by atoms with Crippen LogP contribution in [-0.4, -0.2) is 9.55 Å². The van der Waals surface area contributed by atoms with E-state index in [4.69, 9.17) is 5.84 Å². The molecule has 0 fully saturated rings. The lowest BCUT2D eigenvalue weighted by Gasteiger charge is -2.33. The fourth-order valence-electron chi connectivity index (χ4n) is 3.17. The summed E-state index contributed by atoms with van der Waals surface area (Å²) in [7, 11) is 1.70. The number of thiophene rings is 1. The normalized spacial score (nSPS) is 18.8. The third-order valence-corrected chi connectivity index (χ3v) is 5.79. The van der Waals surface area contributed by atoms with Crippen LogP contribution in [0.3, 0.4) is 0 Å². The number of fused-ring (bicyclic) bond motifs is 3. The molecule has 0 aromatic carbocycles. The number of aryl methyl sites for hydroxylation is 1. The van der Waals surface area contributed by atoms with Crippen LogP contribution < -0.4 is 16.8 Å². The Morgan fingerprint density at radius 3 is 2.76 bits per heavy atom. The largest absolute Gasteiger partial charge is 0.294 e. The minimum Gasteiger partial charge on any atom is -0.294 e. The summed E-state index contributed by atoms with van der Waals surface area (Å²) in [4.78, 5) is 19.2. The lowest BCUT2D eigenvalue weighted by molar-refractivity contribution is 0.218. The molecule has 3 N–H and O–H groups in total. The van der Waals surface area contributed by atoms with Gasteiger partial charge in [0.15, 0.2) is 0 Å². The number of nitrogen functional groups attached to an aromatic ring is 1. The lowest BCUT2D eigenvalue weighted by atomic mass is 9.72. The maximum Gasteiger partial charge on any atom is 0.263 e. The topological polar surface area (TPSA) is 72.9 Å². The molecule has 0 saturated heterocycles. The van der Waals surface area contributed by atoms with Crippen molar-refractivity contribution in [3.63, 3.8) is 0 Å². The van der Waals surface area contributed by atoms with Crippen LogP contribution in [0.1, 0.15) is 37.6 Å². The third kappa shape index (κ3) is 2.26. The van der Waals surface area contributed by atoms with E-state index in [2.05, 4.69) is 31.2 Å². The highest BCUT2D eigenvalue weighted by Gasteiger charge is 2.31. The first-order chi connectivity index (χ1) is 9.82. The van der Waals surface area contributed by atoms with Gasteiger partial charge in [0.2, 0.25) is 5.95 Å². The van der Waals surface area contributed by atoms with E-state index in [0.29, 0.717) is 17.3 Å². The van der Waals surface area contributed by atoms with E-state index in [-0.39, 0.29) is 5.56 Å². The van der Waals surface area contributed by atoms with Crippen molar-refractivity contribution in [1.29, 1.82) is 0 Å². The summed E-state index contributed by atoms with van der Waals surface area (Å²) in [5, 5.41) is 0.795. The second-order valence-electron chi connectivity index (χ2n) is 6.93. The van der Waals surface area contributed by atoms with Crippen LogP contribution in [0.15, 0.2) is 4.79 Å². The lowest BCUT2D eigenvalue weighted by Crippen LogP contribution is -2.27. The van der Waals surface area contributed by atoms with Gasteiger partial charge < -0.3 is 0 Å². The van der Waals surface area contributed by atoms with Crippen LogP contribution in [0.2, 0.25) is 0 Å². The van der Waals surface area contributed by atoms with Crippen LogP contribution in [0.25, 0.3) is 10.2 Å². The number of nitrogens with one attached hydrogen (secondary N) is 1. The zero-order valence-corrected chi connectivity index (χ0v) is 13.8. The Bertz CT molecular complexity index is 754. The smallest absolute Gasteiger partial charge is 0.263 e. The first-order valence-corrected chi connectivity index (χ1v) is 8.12. The minimum absolute atomic E-state index is 0.000316. The van der Waals surface area contributed by atoms with Crippen molar-refractivity contribution < 1.29 is 0 Å². The van der Waals surface area contributed by atoms with Crippen molar-refractivity contribution in [3.05, 3.63) is 20.8 Å². The molecule has 1 atom stereocenters. The molecule has 2 heterocycles. The number of nitrogens with zero attached hydrogens (tertiary/aromatic N) is 2. The first kappa shape index (κ1) is 14.5. The molecule has 5 nitrogen and oxygen atoms in total. The van der Waals surface area contributed by atoms with Gasteiger partial charge in [-0.05, 0) is 36.2 Å². The Kier molecular flexibility index (Phi) is 3.33. The number of hydrogen-bond donors (Lipinski definition) is 2. The van der Waals surface area contributed by atoms with Gasteiger partial charge in [0, 0.05) is 11.9 Å². The summed E-state index contributed by atoms with van der Waals surface area (Å²) in [5.74, 6) is 6.52. The molecule has 21 heavy (non-hydrogen) atoms. The maximum atomic E-state index is 12.6. The van der Waals surface area contributed by atoms with Crippen molar-refractivity contribution in [1.82, 2.24) is 9.55 Å². The maximum absolute atomic E-state index is 12.6. The predicted molar refractivity (Wildman–Crippen MR) is 87.6 cm³/mol. The number of hydrazine groups is 1. The molecule has 3 rings (SSSR count). The molecule has 6 heteroatoms. The summed E-state index contributed by atoms with van der Waals surface area (Å²) in [6, 6.07) is 0. The molecule has 1 aliphatic carbocycles. The third-order valence-electron chi connectivity index (χ3n) is 4.64. The molecule has 114 valence electrons. The number of hydrogen-bond acceptors (Lipinski definition) is 5. The molecule has 2 aromatic heterocycles. The second kappa shape index (κ2) is 4.81. The molecule has 0 radical (unpaired) electrons. The van der Waals surface area contributed by atoms with Crippen molar-refractivity contribution in [2.75, 3.05) is 5.43 Å². The molecular formula is C15H22N4OS. The van der Waals surface area contributed by atoms with Gasteiger partial charge in [0.1, 0.15) is 4.83 Å². The summed E-state index contributed by atoms with van der Waals surface area (Å²) in [6.45, 7) is 6.89. The van der Waals surface area contributed by atoms with E-state index in [9.17, 15) is 4.79 Å². The van der Waals surface area contributed by atoms with E-state index in [0.717, 1.165) is 29.5 Å². The summed E-state index contributed by atoms with van der Waals surface area (Å²) >= 11 is 1.65. The molecule has 1 aliphatic rings. The van der Waals surface area contributed by atoms with Crippen molar-refractivity contribution >= 4 is 27.5 Å². The molecule has 2 aromatic rings. The predicted octanol–water partition coefficient (Wildman–Crippen LogP) is 2.43.